The molecule has 4 rings (SSSR count). The molecule has 21 heavy (non-hydrogen) atoms. The molecule has 0 bridgehead atoms. The van der Waals surface area contributed by atoms with Crippen LogP contribution in [0.5, 0.6) is 0 Å². The van der Waals surface area contributed by atoms with Gasteiger partial charge in [0, 0.05) is 11.8 Å². The van der Waals surface area contributed by atoms with Crippen LogP contribution in [0.2, 0.25) is 0 Å². The lowest BCUT2D eigenvalue weighted by Crippen LogP contribution is -2.34. The summed E-state index contributed by atoms with van der Waals surface area (Å²) in [5.41, 5.74) is 4.43. The van der Waals surface area contributed by atoms with Crippen LogP contribution < -0.4 is 0 Å². The van der Waals surface area contributed by atoms with Crippen molar-refractivity contribution >= 4 is 15.7 Å². The van der Waals surface area contributed by atoms with Gasteiger partial charge in [-0.1, -0.05) is 50.6 Å². The van der Waals surface area contributed by atoms with E-state index in [1.165, 1.54) is 11.1 Å². The molecule has 1 nitrogen and oxygen atoms in total. The molecular formula is C18H17B2N. The summed E-state index contributed by atoms with van der Waals surface area (Å²) < 4.78 is 0. The molecule has 3 atom stereocenters. The van der Waals surface area contributed by atoms with E-state index in [2.05, 4.69) is 37.0 Å². The van der Waals surface area contributed by atoms with Crippen molar-refractivity contribution in [2.24, 2.45) is 5.41 Å². The first-order valence-electron chi connectivity index (χ1n) is 7.61. The van der Waals surface area contributed by atoms with Gasteiger partial charge in [0.2, 0.25) is 0 Å². The van der Waals surface area contributed by atoms with Crippen molar-refractivity contribution in [2.75, 3.05) is 0 Å². The molecule has 4 radical (unpaired) electrons. The van der Waals surface area contributed by atoms with E-state index in [9.17, 15) is 0 Å². The minimum absolute atomic E-state index is 0.0519. The highest BCUT2D eigenvalue weighted by Gasteiger charge is 2.74. The third-order valence-corrected chi connectivity index (χ3v) is 5.96. The first-order valence-corrected chi connectivity index (χ1v) is 7.61. The molecule has 2 aromatic rings. The van der Waals surface area contributed by atoms with E-state index < -0.39 is 0 Å². The molecule has 0 amide bonds. The van der Waals surface area contributed by atoms with Gasteiger partial charge >= 0.3 is 0 Å². The molecule has 2 aliphatic carbocycles. The lowest BCUT2D eigenvalue weighted by Gasteiger charge is -2.34. The van der Waals surface area contributed by atoms with Gasteiger partial charge in [-0.05, 0) is 39.7 Å². The van der Waals surface area contributed by atoms with Gasteiger partial charge in [-0.25, -0.2) is 0 Å². The zero-order valence-corrected chi connectivity index (χ0v) is 12.6. The summed E-state index contributed by atoms with van der Waals surface area (Å²) in [5, 5.41) is -0.671. The molecule has 3 unspecified atom stereocenters. The molecule has 1 heterocycles. The van der Waals surface area contributed by atoms with Gasteiger partial charge in [0.25, 0.3) is 0 Å². The lowest BCUT2D eigenvalue weighted by molar-refractivity contribution is 0.375. The Hall–Kier alpha value is -1.50. The largest absolute Gasteiger partial charge is 0.256 e. The second-order valence-corrected chi connectivity index (χ2v) is 6.75. The minimum atomic E-state index is -0.344. The highest BCUT2D eigenvalue weighted by molar-refractivity contribution is 6.26. The first kappa shape index (κ1) is 13.2. The second-order valence-electron chi connectivity index (χ2n) is 6.75. The molecule has 0 N–H and O–H groups in total. The SMILES string of the molecule is [B]C1(CC)c2ccnc(-c3ccccc3)c2C2([B])CC12C. The summed E-state index contributed by atoms with van der Waals surface area (Å²) in [6, 6.07) is 12.3. The van der Waals surface area contributed by atoms with Crippen molar-refractivity contribution < 1.29 is 0 Å². The minimum Gasteiger partial charge on any atom is -0.256 e. The molecule has 1 aromatic heterocycles. The fourth-order valence-electron chi connectivity index (χ4n) is 4.41. The van der Waals surface area contributed by atoms with Crippen LogP contribution >= 0.6 is 0 Å². The summed E-state index contributed by atoms with van der Waals surface area (Å²) >= 11 is 0. The summed E-state index contributed by atoms with van der Waals surface area (Å²) in [5.74, 6) is 0. The second kappa shape index (κ2) is 3.82. The Labute approximate surface area is 129 Å². The van der Waals surface area contributed by atoms with Gasteiger partial charge in [0.1, 0.15) is 0 Å². The van der Waals surface area contributed by atoms with Crippen LogP contribution in [0.1, 0.15) is 37.8 Å². The van der Waals surface area contributed by atoms with Crippen LogP contribution in [-0.4, -0.2) is 20.7 Å². The van der Waals surface area contributed by atoms with Crippen LogP contribution in [0, 0.1) is 5.41 Å². The number of aromatic nitrogens is 1. The Morgan fingerprint density at radius 2 is 1.86 bits per heavy atom. The average Bonchev–Trinajstić information content (AvgIpc) is 3.06. The smallest absolute Gasteiger partial charge is 0.0819 e. The highest BCUT2D eigenvalue weighted by atomic mass is 14.8. The van der Waals surface area contributed by atoms with Crippen molar-refractivity contribution in [1.82, 2.24) is 4.98 Å². The van der Waals surface area contributed by atoms with E-state index in [0.29, 0.717) is 0 Å². The molecule has 2 aliphatic rings. The quantitative estimate of drug-likeness (QED) is 0.762. The van der Waals surface area contributed by atoms with Crippen molar-refractivity contribution in [1.29, 1.82) is 0 Å². The van der Waals surface area contributed by atoms with Crippen LogP contribution in [0.15, 0.2) is 42.6 Å². The Morgan fingerprint density at radius 3 is 2.52 bits per heavy atom. The predicted molar refractivity (Wildman–Crippen MR) is 87.6 cm³/mol. The number of benzene rings is 1. The summed E-state index contributed by atoms with van der Waals surface area (Å²) in [4.78, 5) is 4.64. The molecule has 1 fully saturated rings. The third-order valence-electron chi connectivity index (χ3n) is 5.96. The van der Waals surface area contributed by atoms with Gasteiger partial charge in [-0.2, -0.15) is 0 Å². The van der Waals surface area contributed by atoms with E-state index in [0.717, 1.165) is 24.1 Å². The molecule has 1 saturated carbocycles. The maximum Gasteiger partial charge on any atom is 0.0819 e. The fraction of sp³-hybridized carbons (Fsp3) is 0.389. The first-order chi connectivity index (χ1) is 9.98. The van der Waals surface area contributed by atoms with Crippen LogP contribution in [-0.2, 0) is 10.6 Å². The topological polar surface area (TPSA) is 12.9 Å². The van der Waals surface area contributed by atoms with Gasteiger partial charge in [0.05, 0.1) is 21.4 Å². The molecular weight excluding hydrogens is 252 g/mol. The molecule has 1 aromatic carbocycles. The van der Waals surface area contributed by atoms with Crippen LogP contribution in [0.25, 0.3) is 11.3 Å². The number of rotatable bonds is 2. The number of hydrogen-bond donors (Lipinski definition) is 0. The number of hydrogen-bond acceptors (Lipinski definition) is 1. The molecule has 3 heteroatoms. The summed E-state index contributed by atoms with van der Waals surface area (Å²) in [6.07, 6.45) is 3.71. The van der Waals surface area contributed by atoms with E-state index >= 15 is 0 Å². The number of pyridine rings is 1. The number of nitrogens with zero attached hydrogens (tertiary/aromatic N) is 1. The third kappa shape index (κ3) is 1.33. The zero-order chi connectivity index (χ0) is 14.9. The predicted octanol–water partition coefficient (Wildman–Crippen LogP) is 3.31. The lowest BCUT2D eigenvalue weighted by atomic mass is 9.55. The van der Waals surface area contributed by atoms with Crippen molar-refractivity contribution in [3.05, 3.63) is 53.7 Å². The summed E-state index contributed by atoms with van der Waals surface area (Å²) in [7, 11) is 13.6. The Balaban J connectivity index is 2.02. The van der Waals surface area contributed by atoms with Crippen LogP contribution in [0.4, 0.5) is 0 Å². The van der Waals surface area contributed by atoms with E-state index in [1.807, 2.05) is 24.4 Å². The van der Waals surface area contributed by atoms with E-state index in [-0.39, 0.29) is 16.0 Å². The average molecular weight is 269 g/mol. The molecule has 100 valence electrons. The monoisotopic (exact) mass is 269 g/mol. The standard InChI is InChI=1S/C18H17B2N/c1-3-17(19)13-9-10-21-15(12-7-5-4-6-8-12)14(13)18(20)11-16(17,18)2/h4-10H,3,11H2,1-2H3. The van der Waals surface area contributed by atoms with E-state index in [1.54, 1.807) is 0 Å². The Morgan fingerprint density at radius 1 is 1.14 bits per heavy atom. The Bertz CT molecular complexity index is 729. The maximum absolute atomic E-state index is 6.81. The van der Waals surface area contributed by atoms with Crippen molar-refractivity contribution in [3.63, 3.8) is 0 Å². The molecule has 0 saturated heterocycles. The van der Waals surface area contributed by atoms with Gasteiger partial charge < -0.3 is 0 Å². The maximum atomic E-state index is 6.81. The van der Waals surface area contributed by atoms with Gasteiger partial charge in [-0.3, -0.25) is 4.98 Å². The molecule has 0 spiro atoms. The number of fused-ring (bicyclic) bond motifs is 3. The zero-order valence-electron chi connectivity index (χ0n) is 12.6. The highest BCUT2D eigenvalue weighted by Crippen LogP contribution is 2.77. The normalized spacial score (nSPS) is 36.1. The molecule has 0 aliphatic heterocycles. The Kier molecular flexibility index (Phi) is 2.40. The fourth-order valence-corrected chi connectivity index (χ4v) is 4.41. The summed E-state index contributed by atoms with van der Waals surface area (Å²) in [6.45, 7) is 4.38. The van der Waals surface area contributed by atoms with Crippen LogP contribution in [0.3, 0.4) is 0 Å². The van der Waals surface area contributed by atoms with Crippen molar-refractivity contribution in [3.8, 4) is 11.3 Å². The van der Waals surface area contributed by atoms with Gasteiger partial charge in [-0.15, -0.1) is 0 Å². The van der Waals surface area contributed by atoms with Gasteiger partial charge in [0.15, 0.2) is 0 Å². The van der Waals surface area contributed by atoms with E-state index in [4.69, 9.17) is 15.7 Å². The van der Waals surface area contributed by atoms with Crippen molar-refractivity contribution in [2.45, 2.75) is 37.3 Å².